The lowest BCUT2D eigenvalue weighted by molar-refractivity contribution is -0.142. The van der Waals surface area contributed by atoms with Crippen LogP contribution in [0, 0.1) is 5.92 Å². The maximum Gasteiger partial charge on any atom is 0.260 e. The third-order valence-corrected chi connectivity index (χ3v) is 5.12. The number of piperidine rings is 1. The first-order valence-corrected chi connectivity index (χ1v) is 9.58. The molecule has 1 aromatic rings. The van der Waals surface area contributed by atoms with E-state index in [1.165, 1.54) is 0 Å². The number of benzene rings is 1. The van der Waals surface area contributed by atoms with Gasteiger partial charge in [0.15, 0.2) is 6.61 Å². The van der Waals surface area contributed by atoms with Gasteiger partial charge in [0, 0.05) is 32.5 Å². The number of carbonyl (C=O) groups is 4. The molecule has 1 aromatic carbocycles. The van der Waals surface area contributed by atoms with Crippen molar-refractivity contribution < 1.29 is 23.9 Å². The molecule has 0 aliphatic carbocycles. The van der Waals surface area contributed by atoms with Crippen LogP contribution in [0.3, 0.4) is 0 Å². The van der Waals surface area contributed by atoms with Crippen LogP contribution in [0.15, 0.2) is 30.3 Å². The second kappa shape index (κ2) is 9.34. The quantitative estimate of drug-likeness (QED) is 0.690. The van der Waals surface area contributed by atoms with Gasteiger partial charge in [-0.05, 0) is 30.9 Å². The fourth-order valence-corrected chi connectivity index (χ4v) is 3.40. The number of nitrogens with one attached hydrogen (secondary N) is 1. The smallest absolute Gasteiger partial charge is 0.260 e. The SMILES string of the molecule is O=C(CN1C(=O)CCC1=O)NCC1CCN(C(=O)COc2ccccc2)CC1. The van der Waals surface area contributed by atoms with Crippen molar-refractivity contribution in [3.05, 3.63) is 30.3 Å². The normalized spacial score (nSPS) is 17.7. The molecule has 4 amide bonds. The number of amides is 4. The number of nitrogens with zero attached hydrogens (tertiary/aromatic N) is 2. The van der Waals surface area contributed by atoms with E-state index in [2.05, 4.69) is 5.32 Å². The monoisotopic (exact) mass is 387 g/mol. The van der Waals surface area contributed by atoms with Crippen LogP contribution in [-0.4, -0.2) is 66.2 Å². The molecule has 0 bridgehead atoms. The van der Waals surface area contributed by atoms with E-state index in [1.807, 2.05) is 30.3 Å². The molecule has 0 atom stereocenters. The first kappa shape index (κ1) is 19.9. The second-order valence-corrected chi connectivity index (χ2v) is 7.10. The molecule has 1 N–H and O–H groups in total. The van der Waals surface area contributed by atoms with Crippen LogP contribution in [0.1, 0.15) is 25.7 Å². The minimum atomic E-state index is -0.321. The van der Waals surface area contributed by atoms with E-state index in [0.29, 0.717) is 25.4 Å². The predicted molar refractivity (Wildman–Crippen MR) is 100 cm³/mol. The number of likely N-dealkylation sites (tertiary alicyclic amines) is 2. The Bertz CT molecular complexity index is 713. The first-order chi connectivity index (χ1) is 13.5. The standard InChI is InChI=1S/C20H25N3O5/c24-17(13-23-18(25)6-7-19(23)26)21-12-15-8-10-22(11-9-15)20(27)14-28-16-4-2-1-3-5-16/h1-5,15H,6-14H2,(H,21,24). The molecular weight excluding hydrogens is 362 g/mol. The number of ether oxygens (including phenoxy) is 1. The molecule has 0 spiro atoms. The molecule has 3 rings (SSSR count). The van der Waals surface area contributed by atoms with Gasteiger partial charge in [0.2, 0.25) is 17.7 Å². The molecule has 2 saturated heterocycles. The van der Waals surface area contributed by atoms with Gasteiger partial charge >= 0.3 is 0 Å². The van der Waals surface area contributed by atoms with Crippen LogP contribution in [0.2, 0.25) is 0 Å². The van der Waals surface area contributed by atoms with Crippen molar-refractivity contribution in [1.82, 2.24) is 15.1 Å². The van der Waals surface area contributed by atoms with Gasteiger partial charge in [-0.2, -0.15) is 0 Å². The van der Waals surface area contributed by atoms with E-state index in [4.69, 9.17) is 4.74 Å². The summed E-state index contributed by atoms with van der Waals surface area (Å²) in [6.07, 6.45) is 1.96. The molecule has 2 aliphatic rings. The zero-order valence-corrected chi connectivity index (χ0v) is 15.8. The van der Waals surface area contributed by atoms with Crippen molar-refractivity contribution in [2.24, 2.45) is 5.92 Å². The number of hydrogen-bond acceptors (Lipinski definition) is 5. The maximum atomic E-state index is 12.3. The zero-order chi connectivity index (χ0) is 19.9. The Labute approximate surface area is 163 Å². The molecule has 0 unspecified atom stereocenters. The Morgan fingerprint density at radius 3 is 2.32 bits per heavy atom. The van der Waals surface area contributed by atoms with Gasteiger partial charge < -0.3 is 15.0 Å². The number of imide groups is 1. The average Bonchev–Trinajstić information content (AvgIpc) is 3.03. The molecule has 150 valence electrons. The molecule has 2 fully saturated rings. The Kier molecular flexibility index (Phi) is 6.62. The first-order valence-electron chi connectivity index (χ1n) is 9.58. The third-order valence-electron chi connectivity index (χ3n) is 5.12. The van der Waals surface area contributed by atoms with Crippen LogP contribution >= 0.6 is 0 Å². The summed E-state index contributed by atoms with van der Waals surface area (Å²) in [5.74, 6) is 0.00147. The topological polar surface area (TPSA) is 96.0 Å². The van der Waals surface area contributed by atoms with E-state index in [9.17, 15) is 19.2 Å². The van der Waals surface area contributed by atoms with Crippen molar-refractivity contribution >= 4 is 23.6 Å². The van der Waals surface area contributed by atoms with Crippen molar-refractivity contribution in [3.63, 3.8) is 0 Å². The largest absolute Gasteiger partial charge is 0.484 e. The Morgan fingerprint density at radius 1 is 1.04 bits per heavy atom. The summed E-state index contributed by atoms with van der Waals surface area (Å²) in [4.78, 5) is 50.1. The van der Waals surface area contributed by atoms with E-state index < -0.39 is 0 Å². The summed E-state index contributed by atoms with van der Waals surface area (Å²) >= 11 is 0. The Hall–Kier alpha value is -2.90. The highest BCUT2D eigenvalue weighted by Crippen LogP contribution is 2.17. The van der Waals surface area contributed by atoms with Gasteiger partial charge in [-0.3, -0.25) is 24.1 Å². The van der Waals surface area contributed by atoms with Crippen LogP contribution in [0.5, 0.6) is 5.75 Å². The fraction of sp³-hybridized carbons (Fsp3) is 0.500. The number of para-hydroxylation sites is 1. The van der Waals surface area contributed by atoms with E-state index in [0.717, 1.165) is 17.7 Å². The van der Waals surface area contributed by atoms with Crippen molar-refractivity contribution in [2.45, 2.75) is 25.7 Å². The Morgan fingerprint density at radius 2 is 1.68 bits per heavy atom. The lowest BCUT2D eigenvalue weighted by Crippen LogP contribution is -2.45. The van der Waals surface area contributed by atoms with E-state index >= 15 is 0 Å². The lowest BCUT2D eigenvalue weighted by atomic mass is 9.97. The average molecular weight is 387 g/mol. The van der Waals surface area contributed by atoms with Crippen LogP contribution in [-0.2, 0) is 19.2 Å². The van der Waals surface area contributed by atoms with Crippen molar-refractivity contribution in [1.29, 1.82) is 0 Å². The predicted octanol–water partition coefficient (Wildman–Crippen LogP) is 0.569. The number of carbonyl (C=O) groups excluding carboxylic acids is 4. The fourth-order valence-electron chi connectivity index (χ4n) is 3.40. The summed E-state index contributed by atoms with van der Waals surface area (Å²) in [7, 11) is 0. The van der Waals surface area contributed by atoms with Gasteiger partial charge in [-0.15, -0.1) is 0 Å². The summed E-state index contributed by atoms with van der Waals surface area (Å²) in [6.45, 7) is 1.55. The highest BCUT2D eigenvalue weighted by Gasteiger charge is 2.30. The van der Waals surface area contributed by atoms with Gasteiger partial charge in [0.1, 0.15) is 12.3 Å². The molecule has 0 radical (unpaired) electrons. The van der Waals surface area contributed by atoms with Gasteiger partial charge in [0.25, 0.3) is 5.91 Å². The number of hydrogen-bond donors (Lipinski definition) is 1. The zero-order valence-electron chi connectivity index (χ0n) is 15.8. The minimum absolute atomic E-state index is 0.0172. The molecule has 8 nitrogen and oxygen atoms in total. The van der Waals surface area contributed by atoms with E-state index in [1.54, 1.807) is 4.90 Å². The molecule has 2 heterocycles. The van der Waals surface area contributed by atoms with Crippen LogP contribution in [0.4, 0.5) is 0 Å². The van der Waals surface area contributed by atoms with Crippen LogP contribution in [0.25, 0.3) is 0 Å². The minimum Gasteiger partial charge on any atom is -0.484 e. The van der Waals surface area contributed by atoms with Gasteiger partial charge in [0.05, 0.1) is 0 Å². The van der Waals surface area contributed by atoms with Gasteiger partial charge in [-0.25, -0.2) is 0 Å². The highest BCUT2D eigenvalue weighted by molar-refractivity contribution is 6.04. The van der Waals surface area contributed by atoms with Crippen molar-refractivity contribution in [3.8, 4) is 5.75 Å². The molecule has 2 aliphatic heterocycles. The molecule has 28 heavy (non-hydrogen) atoms. The molecule has 0 saturated carbocycles. The summed E-state index contributed by atoms with van der Waals surface area (Å²) < 4.78 is 5.50. The summed E-state index contributed by atoms with van der Waals surface area (Å²) in [5.41, 5.74) is 0. The molecule has 8 heteroatoms. The molecule has 0 aromatic heterocycles. The number of rotatable bonds is 7. The molecular formula is C20H25N3O5. The second-order valence-electron chi connectivity index (χ2n) is 7.10. The summed E-state index contributed by atoms with van der Waals surface area (Å²) in [6, 6.07) is 9.22. The Balaban J connectivity index is 1.33. The van der Waals surface area contributed by atoms with E-state index in [-0.39, 0.29) is 55.5 Å². The van der Waals surface area contributed by atoms with Gasteiger partial charge in [-0.1, -0.05) is 18.2 Å². The van der Waals surface area contributed by atoms with Crippen molar-refractivity contribution in [2.75, 3.05) is 32.8 Å². The van der Waals surface area contributed by atoms with Crippen LogP contribution < -0.4 is 10.1 Å². The third kappa shape index (κ3) is 5.31. The maximum absolute atomic E-state index is 12.3. The highest BCUT2D eigenvalue weighted by atomic mass is 16.5. The lowest BCUT2D eigenvalue weighted by Gasteiger charge is -2.32. The summed E-state index contributed by atoms with van der Waals surface area (Å²) in [5, 5.41) is 2.80.